The van der Waals surface area contributed by atoms with E-state index in [-0.39, 0.29) is 24.4 Å². The molecule has 1 saturated heterocycles. The van der Waals surface area contributed by atoms with Gasteiger partial charge in [-0.2, -0.15) is 0 Å². The zero-order chi connectivity index (χ0) is 13.5. The summed E-state index contributed by atoms with van der Waals surface area (Å²) in [7, 11) is 0. The van der Waals surface area contributed by atoms with E-state index in [1.807, 2.05) is 6.92 Å². The van der Waals surface area contributed by atoms with Crippen molar-refractivity contribution < 1.29 is 14.7 Å². The van der Waals surface area contributed by atoms with Gasteiger partial charge in [0.05, 0.1) is 0 Å². The van der Waals surface area contributed by atoms with Crippen LogP contribution in [-0.2, 0) is 4.79 Å². The highest BCUT2D eigenvalue weighted by molar-refractivity contribution is 5.74. The predicted molar refractivity (Wildman–Crippen MR) is 68.2 cm³/mol. The van der Waals surface area contributed by atoms with Crippen LogP contribution in [0.5, 0.6) is 0 Å². The molecule has 2 amide bonds. The van der Waals surface area contributed by atoms with E-state index in [4.69, 9.17) is 10.8 Å². The van der Waals surface area contributed by atoms with Gasteiger partial charge in [-0.1, -0.05) is 6.92 Å². The molecule has 0 bridgehead atoms. The maximum atomic E-state index is 11.8. The van der Waals surface area contributed by atoms with Gasteiger partial charge in [-0.25, -0.2) is 4.79 Å². The highest BCUT2D eigenvalue weighted by Gasteiger charge is 2.21. The Labute approximate surface area is 108 Å². The summed E-state index contributed by atoms with van der Waals surface area (Å²) in [6, 6.07) is -0.0127. The Morgan fingerprint density at radius 1 is 1.56 bits per heavy atom. The summed E-state index contributed by atoms with van der Waals surface area (Å²) in [4.78, 5) is 24.0. The minimum absolute atomic E-state index is 0.0777. The van der Waals surface area contributed by atoms with Gasteiger partial charge >= 0.3 is 12.0 Å². The fourth-order valence-electron chi connectivity index (χ4n) is 2.04. The minimum atomic E-state index is -0.796. The molecule has 6 nitrogen and oxygen atoms in total. The zero-order valence-electron chi connectivity index (χ0n) is 10.9. The molecule has 1 aliphatic heterocycles. The van der Waals surface area contributed by atoms with Gasteiger partial charge in [0.1, 0.15) is 0 Å². The molecular formula is C12H23N3O3. The Kier molecular flexibility index (Phi) is 5.91. The Morgan fingerprint density at radius 2 is 2.28 bits per heavy atom. The molecule has 0 aromatic heterocycles. The summed E-state index contributed by atoms with van der Waals surface area (Å²) < 4.78 is 0. The summed E-state index contributed by atoms with van der Waals surface area (Å²) >= 11 is 0. The highest BCUT2D eigenvalue weighted by Crippen LogP contribution is 2.09. The van der Waals surface area contributed by atoms with Gasteiger partial charge in [0.2, 0.25) is 0 Å². The highest BCUT2D eigenvalue weighted by atomic mass is 16.4. The third-order valence-corrected chi connectivity index (χ3v) is 3.20. The topological polar surface area (TPSA) is 95.7 Å². The first-order valence-electron chi connectivity index (χ1n) is 6.49. The molecule has 104 valence electrons. The number of carboxylic acids is 1. The van der Waals surface area contributed by atoms with Crippen molar-refractivity contribution in [2.24, 2.45) is 11.7 Å². The standard InChI is InChI=1S/C12H23N3O3/c1-9(4-5-11(16)17)7-14-12(18)15-6-2-3-10(13)8-15/h9-10H,2-8,13H2,1H3,(H,14,18)(H,16,17). The number of rotatable bonds is 5. The van der Waals surface area contributed by atoms with Crippen molar-refractivity contribution in [1.29, 1.82) is 0 Å². The molecule has 0 aromatic carbocycles. The quantitative estimate of drug-likeness (QED) is 0.672. The molecule has 6 heteroatoms. The number of aliphatic carboxylic acids is 1. The number of nitrogens with zero attached hydrogens (tertiary/aromatic N) is 1. The number of nitrogens with two attached hydrogens (primary N) is 1. The van der Waals surface area contributed by atoms with Crippen LogP contribution in [0.2, 0.25) is 0 Å². The largest absolute Gasteiger partial charge is 0.481 e. The summed E-state index contributed by atoms with van der Waals surface area (Å²) in [6.45, 7) is 3.81. The van der Waals surface area contributed by atoms with E-state index in [9.17, 15) is 9.59 Å². The van der Waals surface area contributed by atoms with Crippen molar-refractivity contribution in [2.75, 3.05) is 19.6 Å². The van der Waals surface area contributed by atoms with Gasteiger partial charge in [0, 0.05) is 32.1 Å². The summed E-state index contributed by atoms with van der Waals surface area (Å²) in [5.41, 5.74) is 5.81. The van der Waals surface area contributed by atoms with E-state index in [0.29, 0.717) is 19.5 Å². The second-order valence-electron chi connectivity index (χ2n) is 5.07. The van der Waals surface area contributed by atoms with Gasteiger partial charge in [-0.05, 0) is 25.2 Å². The molecule has 0 saturated carbocycles. The van der Waals surface area contributed by atoms with Gasteiger partial charge in [-0.3, -0.25) is 4.79 Å². The number of likely N-dealkylation sites (tertiary alicyclic amines) is 1. The van der Waals surface area contributed by atoms with Gasteiger partial charge in [-0.15, -0.1) is 0 Å². The predicted octanol–water partition coefficient (Wildman–Crippen LogP) is 0.620. The van der Waals surface area contributed by atoms with Crippen LogP contribution < -0.4 is 11.1 Å². The summed E-state index contributed by atoms with van der Waals surface area (Å²) in [5.74, 6) is -0.626. The van der Waals surface area contributed by atoms with Crippen LogP contribution in [0.1, 0.15) is 32.6 Å². The van der Waals surface area contributed by atoms with Crippen LogP contribution >= 0.6 is 0 Å². The number of carbonyl (C=O) groups excluding carboxylic acids is 1. The van der Waals surface area contributed by atoms with E-state index < -0.39 is 5.97 Å². The van der Waals surface area contributed by atoms with E-state index in [1.54, 1.807) is 4.90 Å². The second kappa shape index (κ2) is 7.20. The average molecular weight is 257 g/mol. The monoisotopic (exact) mass is 257 g/mol. The molecule has 0 aliphatic carbocycles. The number of piperidine rings is 1. The Bertz CT molecular complexity index is 296. The van der Waals surface area contributed by atoms with Crippen molar-refractivity contribution in [3.63, 3.8) is 0 Å². The lowest BCUT2D eigenvalue weighted by Gasteiger charge is -2.31. The summed E-state index contributed by atoms with van der Waals surface area (Å²) in [5, 5.41) is 11.4. The number of carboxylic acid groups (broad SMARTS) is 1. The number of nitrogens with one attached hydrogen (secondary N) is 1. The lowest BCUT2D eigenvalue weighted by Crippen LogP contribution is -2.50. The molecule has 1 heterocycles. The number of carbonyl (C=O) groups is 2. The normalized spacial score (nSPS) is 21.4. The van der Waals surface area contributed by atoms with Crippen molar-refractivity contribution in [3.05, 3.63) is 0 Å². The Morgan fingerprint density at radius 3 is 2.89 bits per heavy atom. The van der Waals surface area contributed by atoms with E-state index in [0.717, 1.165) is 19.4 Å². The van der Waals surface area contributed by atoms with Crippen molar-refractivity contribution in [1.82, 2.24) is 10.2 Å². The molecule has 4 N–H and O–H groups in total. The van der Waals surface area contributed by atoms with Crippen LogP contribution in [0.4, 0.5) is 4.79 Å². The third-order valence-electron chi connectivity index (χ3n) is 3.20. The molecule has 0 aromatic rings. The maximum absolute atomic E-state index is 11.8. The number of amides is 2. The van der Waals surface area contributed by atoms with Crippen LogP contribution in [0.25, 0.3) is 0 Å². The molecule has 0 spiro atoms. The first kappa shape index (κ1) is 14.8. The molecule has 2 unspecified atom stereocenters. The smallest absolute Gasteiger partial charge is 0.317 e. The van der Waals surface area contributed by atoms with Crippen LogP contribution in [0, 0.1) is 5.92 Å². The van der Waals surface area contributed by atoms with E-state index in [2.05, 4.69) is 5.32 Å². The first-order chi connectivity index (χ1) is 8.49. The minimum Gasteiger partial charge on any atom is -0.481 e. The van der Waals surface area contributed by atoms with Crippen molar-refractivity contribution in [3.8, 4) is 0 Å². The molecular weight excluding hydrogens is 234 g/mol. The molecule has 0 radical (unpaired) electrons. The van der Waals surface area contributed by atoms with Crippen LogP contribution in [0.15, 0.2) is 0 Å². The Balaban J connectivity index is 2.21. The number of hydrogen-bond acceptors (Lipinski definition) is 3. The van der Waals surface area contributed by atoms with Crippen molar-refractivity contribution in [2.45, 2.75) is 38.6 Å². The fourth-order valence-corrected chi connectivity index (χ4v) is 2.04. The van der Waals surface area contributed by atoms with Gasteiger partial charge < -0.3 is 21.1 Å². The molecule has 1 aliphatic rings. The van der Waals surface area contributed by atoms with E-state index in [1.165, 1.54) is 0 Å². The van der Waals surface area contributed by atoms with Crippen LogP contribution in [0.3, 0.4) is 0 Å². The molecule has 2 atom stereocenters. The maximum Gasteiger partial charge on any atom is 0.317 e. The Hall–Kier alpha value is -1.30. The SMILES string of the molecule is CC(CCC(=O)O)CNC(=O)N1CCCC(N)C1. The molecule has 1 rings (SSSR count). The average Bonchev–Trinajstić information content (AvgIpc) is 2.33. The number of urea groups is 1. The summed E-state index contributed by atoms with van der Waals surface area (Å²) in [6.07, 6.45) is 2.64. The lowest BCUT2D eigenvalue weighted by molar-refractivity contribution is -0.137. The molecule has 1 fully saturated rings. The van der Waals surface area contributed by atoms with E-state index >= 15 is 0 Å². The fraction of sp³-hybridized carbons (Fsp3) is 0.833. The van der Waals surface area contributed by atoms with Crippen molar-refractivity contribution >= 4 is 12.0 Å². The van der Waals surface area contributed by atoms with Gasteiger partial charge in [0.15, 0.2) is 0 Å². The zero-order valence-corrected chi connectivity index (χ0v) is 10.9. The first-order valence-corrected chi connectivity index (χ1v) is 6.49. The second-order valence-corrected chi connectivity index (χ2v) is 5.07. The number of hydrogen-bond donors (Lipinski definition) is 3. The van der Waals surface area contributed by atoms with Crippen LogP contribution in [-0.4, -0.2) is 47.7 Å². The van der Waals surface area contributed by atoms with Gasteiger partial charge in [0.25, 0.3) is 0 Å². The third kappa shape index (κ3) is 5.35. The lowest BCUT2D eigenvalue weighted by atomic mass is 10.1. The molecule has 18 heavy (non-hydrogen) atoms.